The van der Waals surface area contributed by atoms with Crippen molar-refractivity contribution in [1.29, 1.82) is 0 Å². The minimum Gasteiger partial charge on any atom is -0.433 e. The topological polar surface area (TPSA) is 104 Å². The van der Waals surface area contributed by atoms with Crippen molar-refractivity contribution in [3.8, 4) is 5.75 Å². The van der Waals surface area contributed by atoms with E-state index in [2.05, 4.69) is 30.1 Å². The first-order chi connectivity index (χ1) is 11.0. The summed E-state index contributed by atoms with van der Waals surface area (Å²) in [7, 11) is 1.75. The second-order valence-corrected chi connectivity index (χ2v) is 4.66. The molecule has 0 aliphatic heterocycles. The van der Waals surface area contributed by atoms with Crippen LogP contribution in [0.2, 0.25) is 0 Å². The largest absolute Gasteiger partial charge is 0.433 e. The number of aromatic nitrogens is 5. The Morgan fingerprint density at radius 1 is 1.30 bits per heavy atom. The molecule has 23 heavy (non-hydrogen) atoms. The first-order valence-corrected chi connectivity index (χ1v) is 6.62. The first-order valence-electron chi connectivity index (χ1n) is 6.62. The van der Waals surface area contributed by atoms with E-state index in [0.717, 1.165) is 0 Å². The maximum atomic E-state index is 12.1. The van der Waals surface area contributed by atoms with Crippen LogP contribution in [-0.4, -0.2) is 31.3 Å². The van der Waals surface area contributed by atoms with Crippen molar-refractivity contribution < 1.29 is 13.5 Å². The van der Waals surface area contributed by atoms with E-state index in [-0.39, 0.29) is 5.75 Å². The molecule has 0 unspecified atom stereocenters. The summed E-state index contributed by atoms with van der Waals surface area (Å²) in [6.45, 7) is -2.57. The summed E-state index contributed by atoms with van der Waals surface area (Å²) in [4.78, 5) is 12.5. The molecule has 0 aliphatic carbocycles. The van der Waals surface area contributed by atoms with Crippen LogP contribution in [-0.2, 0) is 13.6 Å². The van der Waals surface area contributed by atoms with Crippen LogP contribution in [0.5, 0.6) is 5.75 Å². The molecule has 3 aromatic rings. The van der Waals surface area contributed by atoms with Crippen molar-refractivity contribution in [3.05, 3.63) is 30.2 Å². The van der Waals surface area contributed by atoms with Gasteiger partial charge in [-0.05, 0) is 12.1 Å². The van der Waals surface area contributed by atoms with Crippen molar-refractivity contribution in [1.82, 2.24) is 24.7 Å². The number of nitrogens with two attached hydrogens (primary N) is 1. The van der Waals surface area contributed by atoms with Crippen molar-refractivity contribution in [2.45, 2.75) is 13.2 Å². The molecule has 0 radical (unpaired) electrons. The number of nitrogens with one attached hydrogen (secondary N) is 1. The number of rotatable bonds is 5. The van der Waals surface area contributed by atoms with Gasteiger partial charge in [-0.15, -0.1) is 0 Å². The van der Waals surface area contributed by atoms with Gasteiger partial charge >= 0.3 is 6.61 Å². The molecule has 3 aromatic heterocycles. The summed E-state index contributed by atoms with van der Waals surface area (Å²) in [5.74, 6) is 0.646. The molecule has 3 rings (SSSR count). The van der Waals surface area contributed by atoms with Gasteiger partial charge < -0.3 is 15.8 Å². The lowest BCUT2D eigenvalue weighted by Crippen LogP contribution is -2.08. The number of halogens is 2. The van der Waals surface area contributed by atoms with E-state index in [1.807, 2.05) is 0 Å². The summed E-state index contributed by atoms with van der Waals surface area (Å²) >= 11 is 0. The molecule has 8 nitrogen and oxygen atoms in total. The van der Waals surface area contributed by atoms with Gasteiger partial charge in [-0.25, -0.2) is 0 Å². The van der Waals surface area contributed by atoms with Crippen molar-refractivity contribution in [3.63, 3.8) is 0 Å². The number of pyridine rings is 1. The van der Waals surface area contributed by atoms with E-state index >= 15 is 0 Å². The van der Waals surface area contributed by atoms with Crippen molar-refractivity contribution in [2.75, 3.05) is 11.1 Å². The van der Waals surface area contributed by atoms with Crippen LogP contribution < -0.4 is 15.8 Å². The number of alkyl halides is 2. The van der Waals surface area contributed by atoms with E-state index in [1.165, 1.54) is 12.3 Å². The maximum absolute atomic E-state index is 12.1. The number of hydrogen-bond acceptors (Lipinski definition) is 7. The molecule has 3 heterocycles. The lowest BCUT2D eigenvalue weighted by Gasteiger charge is -2.07. The average molecular weight is 321 g/mol. The molecule has 0 aromatic carbocycles. The highest BCUT2D eigenvalue weighted by atomic mass is 19.3. The Kier molecular flexibility index (Phi) is 3.87. The second kappa shape index (κ2) is 5.99. The monoisotopic (exact) mass is 321 g/mol. The molecule has 10 heteroatoms. The summed E-state index contributed by atoms with van der Waals surface area (Å²) in [5, 5.41) is 7.72. The van der Waals surface area contributed by atoms with Crippen LogP contribution in [0.1, 0.15) is 5.69 Å². The number of aryl methyl sites for hydroxylation is 1. The predicted octanol–water partition coefficient (Wildman–Crippen LogP) is 1.55. The summed E-state index contributed by atoms with van der Waals surface area (Å²) in [6, 6.07) is 2.98. The fourth-order valence-corrected chi connectivity index (χ4v) is 1.98. The number of nitrogens with zero attached hydrogens (tertiary/aromatic N) is 5. The Labute approximate surface area is 129 Å². The Bertz CT molecular complexity index is 819. The Hall–Kier alpha value is -3.04. The maximum Gasteiger partial charge on any atom is 0.387 e. The fraction of sp³-hybridized carbons (Fsp3) is 0.231. The van der Waals surface area contributed by atoms with E-state index in [1.54, 1.807) is 24.0 Å². The van der Waals surface area contributed by atoms with Crippen LogP contribution in [0.15, 0.2) is 24.5 Å². The van der Waals surface area contributed by atoms with Gasteiger partial charge in [0.2, 0.25) is 5.95 Å². The fourth-order valence-electron chi connectivity index (χ4n) is 1.98. The van der Waals surface area contributed by atoms with E-state index in [9.17, 15) is 8.78 Å². The smallest absolute Gasteiger partial charge is 0.387 e. The molecule has 0 saturated carbocycles. The molecule has 0 aliphatic rings. The lowest BCUT2D eigenvalue weighted by atomic mass is 10.3. The third-order valence-corrected chi connectivity index (χ3v) is 3.07. The molecular weight excluding hydrogens is 308 g/mol. The molecule has 0 spiro atoms. The van der Waals surface area contributed by atoms with Crippen LogP contribution in [0.4, 0.5) is 20.5 Å². The highest BCUT2D eigenvalue weighted by Crippen LogP contribution is 2.19. The quantitative estimate of drug-likeness (QED) is 0.734. The predicted molar refractivity (Wildman–Crippen MR) is 78.9 cm³/mol. The van der Waals surface area contributed by atoms with Gasteiger partial charge in [-0.2, -0.15) is 23.8 Å². The second-order valence-electron chi connectivity index (χ2n) is 4.66. The number of hydrogen-bond donors (Lipinski definition) is 2. The summed E-state index contributed by atoms with van der Waals surface area (Å²) < 4.78 is 30.0. The number of nitrogen functional groups attached to an aromatic ring is 1. The van der Waals surface area contributed by atoms with Gasteiger partial charge in [0, 0.05) is 7.05 Å². The zero-order valence-electron chi connectivity index (χ0n) is 12.1. The Morgan fingerprint density at radius 2 is 2.13 bits per heavy atom. The highest BCUT2D eigenvalue weighted by molar-refractivity contribution is 5.86. The van der Waals surface area contributed by atoms with Crippen LogP contribution in [0, 0.1) is 0 Å². The highest BCUT2D eigenvalue weighted by Gasteiger charge is 2.09. The zero-order valence-corrected chi connectivity index (χ0v) is 12.1. The number of anilines is 2. The average Bonchev–Trinajstić information content (AvgIpc) is 2.88. The van der Waals surface area contributed by atoms with Crippen molar-refractivity contribution >= 4 is 22.8 Å². The van der Waals surface area contributed by atoms with Crippen molar-refractivity contribution in [2.24, 2.45) is 7.05 Å². The third kappa shape index (κ3) is 3.25. The molecule has 0 amide bonds. The summed E-state index contributed by atoms with van der Waals surface area (Å²) in [5.41, 5.74) is 7.07. The number of ether oxygens (including phenoxy) is 1. The van der Waals surface area contributed by atoms with Gasteiger partial charge in [0.25, 0.3) is 0 Å². The SMILES string of the molecule is Cn1ncc2c(N)nc(NCc3ccc(OC(F)F)cn3)nc21. The van der Waals surface area contributed by atoms with Gasteiger partial charge in [-0.1, -0.05) is 0 Å². The molecule has 0 fully saturated rings. The normalized spacial score (nSPS) is 11.1. The molecule has 120 valence electrons. The van der Waals surface area contributed by atoms with Gasteiger partial charge in [-0.3, -0.25) is 9.67 Å². The molecular formula is C13H13F2N7O. The van der Waals surface area contributed by atoms with E-state index in [4.69, 9.17) is 5.73 Å². The van der Waals surface area contributed by atoms with Gasteiger partial charge in [0.15, 0.2) is 5.65 Å². The van der Waals surface area contributed by atoms with Crippen LogP contribution in [0.25, 0.3) is 11.0 Å². The van der Waals surface area contributed by atoms with E-state index in [0.29, 0.717) is 35.0 Å². The molecule has 3 N–H and O–H groups in total. The van der Waals surface area contributed by atoms with Crippen LogP contribution >= 0.6 is 0 Å². The minimum absolute atomic E-state index is 0.000508. The molecule has 0 atom stereocenters. The third-order valence-electron chi connectivity index (χ3n) is 3.07. The molecule has 0 saturated heterocycles. The van der Waals surface area contributed by atoms with E-state index < -0.39 is 6.61 Å². The Balaban J connectivity index is 1.71. The van der Waals surface area contributed by atoms with Gasteiger partial charge in [0.05, 0.1) is 30.0 Å². The van der Waals surface area contributed by atoms with Gasteiger partial charge in [0.1, 0.15) is 11.6 Å². The van der Waals surface area contributed by atoms with Crippen LogP contribution in [0.3, 0.4) is 0 Å². The molecule has 0 bridgehead atoms. The standard InChI is InChI=1S/C13H13F2N7O/c1-22-11-9(6-19-22)10(16)20-13(21-11)18-4-7-2-3-8(5-17-7)23-12(14)15/h2-3,5-6,12H,4H2,1H3,(H3,16,18,20,21). The summed E-state index contributed by atoms with van der Waals surface area (Å²) in [6.07, 6.45) is 2.82. The zero-order chi connectivity index (χ0) is 16.4. The first kappa shape index (κ1) is 14.9. The minimum atomic E-state index is -2.87. The number of fused-ring (bicyclic) bond motifs is 1. The Morgan fingerprint density at radius 3 is 2.83 bits per heavy atom. The lowest BCUT2D eigenvalue weighted by molar-refractivity contribution is -0.0500.